The summed E-state index contributed by atoms with van der Waals surface area (Å²) in [5.41, 5.74) is 0.583. The standard InChI is InChI=1S/C17H25N3O4S/c1-3-17(22)19-15-4-6-16(7-5-15)25(23,24)20-10-8-14(9-11-20)12-18-13(2)21/h4-7,14H,3,8-12H2,1-2H3,(H,18,21)(H,19,22). The molecule has 7 nitrogen and oxygen atoms in total. The molecule has 0 aliphatic carbocycles. The summed E-state index contributed by atoms with van der Waals surface area (Å²) in [6, 6.07) is 6.24. The van der Waals surface area contributed by atoms with Crippen LogP contribution in [0.1, 0.15) is 33.1 Å². The van der Waals surface area contributed by atoms with E-state index in [1.165, 1.54) is 23.4 Å². The lowest BCUT2D eigenvalue weighted by Gasteiger charge is -2.31. The number of benzene rings is 1. The normalized spacial score (nSPS) is 16.4. The Balaban J connectivity index is 1.97. The lowest BCUT2D eigenvalue weighted by molar-refractivity contribution is -0.119. The number of rotatable bonds is 6. The molecule has 8 heteroatoms. The summed E-state index contributed by atoms with van der Waals surface area (Å²) in [5, 5.41) is 5.48. The van der Waals surface area contributed by atoms with Crippen molar-refractivity contribution in [1.82, 2.24) is 9.62 Å². The van der Waals surface area contributed by atoms with Gasteiger partial charge in [-0.25, -0.2) is 8.42 Å². The molecule has 2 rings (SSSR count). The second kappa shape index (κ2) is 8.44. The highest BCUT2D eigenvalue weighted by Crippen LogP contribution is 2.24. The van der Waals surface area contributed by atoms with E-state index < -0.39 is 10.0 Å². The minimum absolute atomic E-state index is 0.0645. The van der Waals surface area contributed by atoms with Crippen LogP contribution in [0.25, 0.3) is 0 Å². The molecule has 25 heavy (non-hydrogen) atoms. The van der Waals surface area contributed by atoms with E-state index in [9.17, 15) is 18.0 Å². The van der Waals surface area contributed by atoms with E-state index in [4.69, 9.17) is 0 Å². The number of anilines is 1. The zero-order valence-electron chi connectivity index (χ0n) is 14.6. The van der Waals surface area contributed by atoms with E-state index in [1.807, 2.05) is 0 Å². The van der Waals surface area contributed by atoms with E-state index >= 15 is 0 Å². The number of nitrogens with one attached hydrogen (secondary N) is 2. The second-order valence-corrected chi connectivity index (χ2v) is 8.15. The maximum atomic E-state index is 12.7. The van der Waals surface area contributed by atoms with Gasteiger partial charge < -0.3 is 10.6 Å². The Bertz CT molecular complexity index is 708. The van der Waals surface area contributed by atoms with Gasteiger partial charge in [-0.15, -0.1) is 0 Å². The molecule has 1 heterocycles. The first-order valence-electron chi connectivity index (χ1n) is 8.47. The van der Waals surface area contributed by atoms with Crippen molar-refractivity contribution in [2.24, 2.45) is 5.92 Å². The van der Waals surface area contributed by atoms with Crippen LogP contribution in [0.3, 0.4) is 0 Å². The van der Waals surface area contributed by atoms with Crippen molar-refractivity contribution in [3.05, 3.63) is 24.3 Å². The Morgan fingerprint density at radius 2 is 1.76 bits per heavy atom. The lowest BCUT2D eigenvalue weighted by atomic mass is 9.98. The van der Waals surface area contributed by atoms with Gasteiger partial charge in [0.25, 0.3) is 0 Å². The molecule has 1 saturated heterocycles. The van der Waals surface area contributed by atoms with Crippen LogP contribution in [-0.2, 0) is 19.6 Å². The predicted molar refractivity (Wildman–Crippen MR) is 95.5 cm³/mol. The van der Waals surface area contributed by atoms with E-state index in [1.54, 1.807) is 19.1 Å². The first-order chi connectivity index (χ1) is 11.8. The van der Waals surface area contributed by atoms with Gasteiger partial charge in [0.1, 0.15) is 0 Å². The summed E-state index contributed by atoms with van der Waals surface area (Å²) in [7, 11) is -3.53. The van der Waals surface area contributed by atoms with Crippen molar-refractivity contribution in [1.29, 1.82) is 0 Å². The highest BCUT2D eigenvalue weighted by Gasteiger charge is 2.29. The van der Waals surface area contributed by atoms with Crippen LogP contribution >= 0.6 is 0 Å². The van der Waals surface area contributed by atoms with Crippen LogP contribution in [-0.4, -0.2) is 44.2 Å². The second-order valence-electron chi connectivity index (χ2n) is 6.21. The average molecular weight is 367 g/mol. The number of amides is 2. The maximum absolute atomic E-state index is 12.7. The molecule has 0 unspecified atom stereocenters. The van der Waals surface area contributed by atoms with Crippen molar-refractivity contribution < 1.29 is 18.0 Å². The highest BCUT2D eigenvalue weighted by molar-refractivity contribution is 7.89. The number of hydrogen-bond donors (Lipinski definition) is 2. The van der Waals surface area contributed by atoms with Gasteiger partial charge in [-0.05, 0) is 43.0 Å². The topological polar surface area (TPSA) is 95.6 Å². The summed E-state index contributed by atoms with van der Waals surface area (Å²) in [5.74, 6) is 0.129. The Kier molecular flexibility index (Phi) is 6.55. The quantitative estimate of drug-likeness (QED) is 0.798. The third-order valence-corrected chi connectivity index (χ3v) is 6.22. The van der Waals surface area contributed by atoms with Gasteiger partial charge >= 0.3 is 0 Å². The van der Waals surface area contributed by atoms with Crippen LogP contribution < -0.4 is 10.6 Å². The fourth-order valence-electron chi connectivity index (χ4n) is 2.75. The Morgan fingerprint density at radius 1 is 1.16 bits per heavy atom. The van der Waals surface area contributed by atoms with Crippen LogP contribution in [0.4, 0.5) is 5.69 Å². The number of hydrogen-bond acceptors (Lipinski definition) is 4. The summed E-state index contributed by atoms with van der Waals surface area (Å²) < 4.78 is 26.9. The molecular weight excluding hydrogens is 342 g/mol. The molecule has 1 aliphatic heterocycles. The Hall–Kier alpha value is -1.93. The van der Waals surface area contributed by atoms with Crippen molar-refractivity contribution in [3.63, 3.8) is 0 Å². The molecule has 1 fully saturated rings. The summed E-state index contributed by atoms with van der Waals surface area (Å²) in [6.07, 6.45) is 1.82. The first kappa shape index (κ1) is 19.4. The molecule has 2 amide bonds. The minimum atomic E-state index is -3.53. The largest absolute Gasteiger partial charge is 0.356 e. The van der Waals surface area contributed by atoms with Crippen molar-refractivity contribution in [2.45, 2.75) is 38.0 Å². The SMILES string of the molecule is CCC(=O)Nc1ccc(S(=O)(=O)N2CCC(CNC(C)=O)CC2)cc1. The number of carbonyl (C=O) groups excluding carboxylic acids is 2. The Morgan fingerprint density at radius 3 is 2.28 bits per heavy atom. The number of nitrogens with zero attached hydrogens (tertiary/aromatic N) is 1. The Labute approximate surface area is 148 Å². The molecule has 0 radical (unpaired) electrons. The molecule has 1 aliphatic rings. The van der Waals surface area contributed by atoms with Gasteiger partial charge in [-0.1, -0.05) is 6.92 Å². The summed E-state index contributed by atoms with van der Waals surface area (Å²) >= 11 is 0. The van der Waals surface area contributed by atoms with Crippen LogP contribution in [0.5, 0.6) is 0 Å². The molecular formula is C17H25N3O4S. The molecule has 1 aromatic rings. The smallest absolute Gasteiger partial charge is 0.243 e. The fourth-order valence-corrected chi connectivity index (χ4v) is 4.22. The number of piperidine rings is 1. The molecule has 0 saturated carbocycles. The zero-order chi connectivity index (χ0) is 18.4. The van der Waals surface area contributed by atoms with Gasteiger partial charge in [0.15, 0.2) is 0 Å². The zero-order valence-corrected chi connectivity index (χ0v) is 15.4. The molecule has 1 aromatic carbocycles. The molecule has 138 valence electrons. The molecule has 0 bridgehead atoms. The lowest BCUT2D eigenvalue weighted by Crippen LogP contribution is -2.41. The van der Waals surface area contributed by atoms with Crippen LogP contribution in [0.2, 0.25) is 0 Å². The van der Waals surface area contributed by atoms with Gasteiger partial charge in [0.2, 0.25) is 21.8 Å². The number of sulfonamides is 1. The van der Waals surface area contributed by atoms with Crippen molar-refractivity contribution >= 4 is 27.5 Å². The summed E-state index contributed by atoms with van der Waals surface area (Å²) in [4.78, 5) is 22.6. The molecule has 0 aromatic heterocycles. The molecule has 0 atom stereocenters. The van der Waals surface area contributed by atoms with Gasteiger partial charge in [-0.3, -0.25) is 9.59 Å². The van der Waals surface area contributed by atoms with Gasteiger partial charge in [0.05, 0.1) is 4.90 Å². The fraction of sp³-hybridized carbons (Fsp3) is 0.529. The number of carbonyl (C=O) groups is 2. The van der Waals surface area contributed by atoms with Gasteiger partial charge in [0, 0.05) is 38.7 Å². The monoisotopic (exact) mass is 367 g/mol. The molecule has 0 spiro atoms. The maximum Gasteiger partial charge on any atom is 0.243 e. The average Bonchev–Trinajstić information content (AvgIpc) is 2.60. The van der Waals surface area contributed by atoms with E-state index in [2.05, 4.69) is 10.6 Å². The van der Waals surface area contributed by atoms with Crippen molar-refractivity contribution in [3.8, 4) is 0 Å². The van der Waals surface area contributed by atoms with E-state index in [0.717, 1.165) is 12.8 Å². The first-order valence-corrected chi connectivity index (χ1v) is 9.91. The minimum Gasteiger partial charge on any atom is -0.356 e. The molecule has 2 N–H and O–H groups in total. The van der Waals surface area contributed by atoms with E-state index in [0.29, 0.717) is 37.7 Å². The van der Waals surface area contributed by atoms with E-state index in [-0.39, 0.29) is 16.7 Å². The van der Waals surface area contributed by atoms with Gasteiger partial charge in [-0.2, -0.15) is 4.31 Å². The van der Waals surface area contributed by atoms with Crippen LogP contribution in [0, 0.1) is 5.92 Å². The van der Waals surface area contributed by atoms with Crippen LogP contribution in [0.15, 0.2) is 29.2 Å². The summed E-state index contributed by atoms with van der Waals surface area (Å²) in [6.45, 7) is 4.72. The third-order valence-electron chi connectivity index (χ3n) is 4.31. The third kappa shape index (κ3) is 5.27. The predicted octanol–water partition coefficient (Wildman–Crippen LogP) is 1.57. The van der Waals surface area contributed by atoms with Crippen molar-refractivity contribution in [2.75, 3.05) is 25.0 Å². The highest BCUT2D eigenvalue weighted by atomic mass is 32.2.